The first-order chi connectivity index (χ1) is 16.0. The zero-order valence-electron chi connectivity index (χ0n) is 20.4. The molecule has 0 saturated carbocycles. The number of hydrogen-bond donors (Lipinski definition) is 0. The first-order valence-electron chi connectivity index (χ1n) is 11.0. The maximum atomic E-state index is 13.1. The van der Waals surface area contributed by atoms with Crippen molar-refractivity contribution in [1.29, 1.82) is 0 Å². The highest BCUT2D eigenvalue weighted by Gasteiger charge is 2.37. The molecular weight excluding hydrogens is 447 g/mol. The van der Waals surface area contributed by atoms with Gasteiger partial charge < -0.3 is 19.0 Å². The zero-order valence-corrected chi connectivity index (χ0v) is 20.4. The van der Waals surface area contributed by atoms with Gasteiger partial charge in [0.05, 0.1) is 12.2 Å². The summed E-state index contributed by atoms with van der Waals surface area (Å²) in [6.45, 7) is 10.2. The van der Waals surface area contributed by atoms with Crippen molar-refractivity contribution >= 4 is 5.71 Å². The van der Waals surface area contributed by atoms with Crippen LogP contribution in [-0.4, -0.2) is 37.8 Å². The van der Waals surface area contributed by atoms with Crippen LogP contribution in [0, 0.1) is 13.8 Å². The lowest BCUT2D eigenvalue weighted by Gasteiger charge is -2.23. The van der Waals surface area contributed by atoms with Crippen LogP contribution >= 0.6 is 0 Å². The molecule has 0 amide bonds. The normalized spacial score (nSPS) is 14.1. The standard InChI is InChI=1S/C26H32F3NO4/c1-7-8-13-32-23-14-17(2)24(18(3)15-23)34-20(5)16-19(4)33-22-11-9-21(10-12-22)25(30-31-6)26(27,28)29/h7-12,14-15,19-20H,13,16H2,1-6H3/b8-7+,30-25?. The van der Waals surface area contributed by atoms with Crippen molar-refractivity contribution in [3.8, 4) is 17.2 Å². The largest absolute Gasteiger partial charge is 0.491 e. The van der Waals surface area contributed by atoms with Crippen molar-refractivity contribution in [2.75, 3.05) is 13.7 Å². The Bertz CT molecular complexity index is 962. The topological polar surface area (TPSA) is 49.3 Å². The van der Waals surface area contributed by atoms with Gasteiger partial charge in [-0.15, -0.1) is 0 Å². The molecule has 0 aliphatic rings. The van der Waals surface area contributed by atoms with Crippen LogP contribution in [0.2, 0.25) is 0 Å². The summed E-state index contributed by atoms with van der Waals surface area (Å²) in [5, 5.41) is 3.10. The Hall–Kier alpha value is -3.16. The number of ether oxygens (including phenoxy) is 3. The first kappa shape index (κ1) is 27.1. The van der Waals surface area contributed by atoms with Gasteiger partial charge in [0.2, 0.25) is 0 Å². The van der Waals surface area contributed by atoms with Gasteiger partial charge in [0.1, 0.15) is 31.0 Å². The molecule has 0 spiro atoms. The number of oxime groups is 1. The SMILES string of the molecule is C/C=C/COc1cc(C)c(OC(C)CC(C)Oc2ccc(C(=NOC)C(F)(F)F)cc2)c(C)c1. The molecule has 8 heteroatoms. The average molecular weight is 480 g/mol. The molecule has 0 heterocycles. The van der Waals surface area contributed by atoms with Gasteiger partial charge >= 0.3 is 6.18 Å². The van der Waals surface area contributed by atoms with E-state index in [0.717, 1.165) is 29.7 Å². The molecule has 34 heavy (non-hydrogen) atoms. The number of hydrogen-bond acceptors (Lipinski definition) is 5. The van der Waals surface area contributed by atoms with Crippen molar-refractivity contribution in [3.63, 3.8) is 0 Å². The molecule has 0 saturated heterocycles. The predicted octanol–water partition coefficient (Wildman–Crippen LogP) is 6.80. The first-order valence-corrected chi connectivity index (χ1v) is 11.0. The number of halogens is 3. The molecule has 5 nitrogen and oxygen atoms in total. The number of nitrogens with zero attached hydrogens (tertiary/aromatic N) is 1. The minimum atomic E-state index is -4.62. The van der Waals surface area contributed by atoms with E-state index in [4.69, 9.17) is 14.2 Å². The second-order valence-corrected chi connectivity index (χ2v) is 8.00. The van der Waals surface area contributed by atoms with E-state index in [1.165, 1.54) is 24.3 Å². The lowest BCUT2D eigenvalue weighted by molar-refractivity contribution is -0.0608. The number of alkyl halides is 3. The number of benzene rings is 2. The monoisotopic (exact) mass is 479 g/mol. The summed E-state index contributed by atoms with van der Waals surface area (Å²) in [5.41, 5.74) is 0.755. The van der Waals surface area contributed by atoms with E-state index in [0.29, 0.717) is 18.8 Å². The van der Waals surface area contributed by atoms with Crippen LogP contribution < -0.4 is 14.2 Å². The third-order valence-electron chi connectivity index (χ3n) is 4.91. The van der Waals surface area contributed by atoms with Gasteiger partial charge in [0, 0.05) is 12.0 Å². The van der Waals surface area contributed by atoms with Crippen LogP contribution in [0.3, 0.4) is 0 Å². The second-order valence-electron chi connectivity index (χ2n) is 8.00. The van der Waals surface area contributed by atoms with E-state index >= 15 is 0 Å². The lowest BCUT2D eigenvalue weighted by atomic mass is 10.1. The van der Waals surface area contributed by atoms with Gasteiger partial charge in [-0.3, -0.25) is 0 Å². The number of allylic oxidation sites excluding steroid dienone is 1. The van der Waals surface area contributed by atoms with E-state index < -0.39 is 11.9 Å². The van der Waals surface area contributed by atoms with Gasteiger partial charge in [0.25, 0.3) is 0 Å². The van der Waals surface area contributed by atoms with Gasteiger partial charge in [-0.05, 0) is 82.1 Å². The van der Waals surface area contributed by atoms with Gasteiger partial charge in [-0.1, -0.05) is 17.3 Å². The van der Waals surface area contributed by atoms with Crippen LogP contribution in [0.25, 0.3) is 0 Å². The van der Waals surface area contributed by atoms with Crippen molar-refractivity contribution < 1.29 is 32.2 Å². The van der Waals surface area contributed by atoms with Crippen molar-refractivity contribution in [2.24, 2.45) is 5.16 Å². The molecule has 2 aromatic carbocycles. The zero-order chi connectivity index (χ0) is 25.3. The van der Waals surface area contributed by atoms with Crippen molar-refractivity contribution in [3.05, 3.63) is 65.2 Å². The van der Waals surface area contributed by atoms with E-state index in [1.54, 1.807) is 0 Å². The fourth-order valence-electron chi connectivity index (χ4n) is 3.47. The van der Waals surface area contributed by atoms with Gasteiger partial charge in [0.15, 0.2) is 5.71 Å². The molecule has 2 atom stereocenters. The van der Waals surface area contributed by atoms with Crippen LogP contribution in [0.1, 0.15) is 43.9 Å². The van der Waals surface area contributed by atoms with Crippen LogP contribution in [0.15, 0.2) is 53.7 Å². The molecule has 0 N–H and O–H groups in total. The molecule has 0 aromatic heterocycles. The second kappa shape index (κ2) is 12.3. The molecule has 0 aliphatic carbocycles. The molecule has 186 valence electrons. The molecule has 2 rings (SSSR count). The van der Waals surface area contributed by atoms with E-state index in [9.17, 15) is 13.2 Å². The molecule has 0 radical (unpaired) electrons. The Morgan fingerprint density at radius 3 is 2.09 bits per heavy atom. The Kier molecular flexibility index (Phi) is 9.83. The maximum Gasteiger partial charge on any atom is 0.437 e. The van der Waals surface area contributed by atoms with E-state index in [1.807, 2.05) is 58.9 Å². The highest BCUT2D eigenvalue weighted by molar-refractivity contribution is 6.04. The Morgan fingerprint density at radius 1 is 0.971 bits per heavy atom. The van der Waals surface area contributed by atoms with E-state index in [2.05, 4.69) is 9.99 Å². The van der Waals surface area contributed by atoms with Crippen LogP contribution in [-0.2, 0) is 4.84 Å². The molecule has 2 unspecified atom stereocenters. The highest BCUT2D eigenvalue weighted by Crippen LogP contribution is 2.30. The molecular formula is C26H32F3NO4. The summed E-state index contributed by atoms with van der Waals surface area (Å²) in [7, 11) is 1.07. The fraction of sp³-hybridized carbons (Fsp3) is 0.423. The Morgan fingerprint density at radius 2 is 1.56 bits per heavy atom. The summed E-state index contributed by atoms with van der Waals surface area (Å²) in [6.07, 6.45) is -0.530. The third kappa shape index (κ3) is 8.01. The molecule has 0 fully saturated rings. The number of rotatable bonds is 11. The van der Waals surface area contributed by atoms with Crippen LogP contribution in [0.4, 0.5) is 13.2 Å². The van der Waals surface area contributed by atoms with Crippen molar-refractivity contribution in [1.82, 2.24) is 0 Å². The molecule has 0 aliphatic heterocycles. The molecule has 2 aromatic rings. The minimum Gasteiger partial charge on any atom is -0.491 e. The summed E-state index contributed by atoms with van der Waals surface area (Å²) in [5.74, 6) is 2.05. The van der Waals surface area contributed by atoms with Crippen molar-refractivity contribution in [2.45, 2.75) is 59.4 Å². The quantitative estimate of drug-likeness (QED) is 0.202. The smallest absolute Gasteiger partial charge is 0.437 e. The number of aryl methyl sites for hydroxylation is 2. The summed E-state index contributed by atoms with van der Waals surface area (Å²) in [4.78, 5) is 4.33. The van der Waals surface area contributed by atoms with Crippen LogP contribution in [0.5, 0.6) is 17.2 Å². The maximum absolute atomic E-state index is 13.1. The minimum absolute atomic E-state index is 0.102. The summed E-state index contributed by atoms with van der Waals surface area (Å²) >= 11 is 0. The fourth-order valence-corrected chi connectivity index (χ4v) is 3.47. The summed E-state index contributed by atoms with van der Waals surface area (Å²) < 4.78 is 57.1. The average Bonchev–Trinajstić information content (AvgIpc) is 2.74. The Labute approximate surface area is 199 Å². The highest BCUT2D eigenvalue weighted by atomic mass is 19.4. The van der Waals surface area contributed by atoms with Gasteiger partial charge in [-0.25, -0.2) is 0 Å². The Balaban J connectivity index is 1.98. The van der Waals surface area contributed by atoms with E-state index in [-0.39, 0.29) is 17.8 Å². The predicted molar refractivity (Wildman–Crippen MR) is 127 cm³/mol. The lowest BCUT2D eigenvalue weighted by Crippen LogP contribution is -2.24. The summed E-state index contributed by atoms with van der Waals surface area (Å²) in [6, 6.07) is 9.47. The van der Waals surface area contributed by atoms with Gasteiger partial charge in [-0.2, -0.15) is 13.2 Å². The molecule has 0 bridgehead atoms. The third-order valence-corrected chi connectivity index (χ3v) is 4.91.